The lowest BCUT2D eigenvalue weighted by molar-refractivity contribution is -0.141. The van der Waals surface area contributed by atoms with Gasteiger partial charge in [0.1, 0.15) is 0 Å². The lowest BCUT2D eigenvalue weighted by Crippen LogP contribution is -2.59. The first kappa shape index (κ1) is 23.8. The number of hydrogen-bond donors (Lipinski definition) is 2. The summed E-state index contributed by atoms with van der Waals surface area (Å²) in [6, 6.07) is 0. The lowest BCUT2D eigenvalue weighted by Gasteiger charge is -2.62. The Hall–Kier alpha value is -0.340. The van der Waals surface area contributed by atoms with Crippen LogP contribution in [-0.4, -0.2) is 21.9 Å². The fourth-order valence-corrected chi connectivity index (χ4v) is 9.18. The standard InChI is InChI=1S/C29H50O2/c1-7-29(31)18-21-17-22(30)13-15-27(21,5)25-14-16-28(6)23(11-12-24(28)26(25)29)20(4)10-8-9-19(2)3/h18-20,22-26,30-31H,7-17H2,1-6H3/t20-,22+,23-,24+,25+,26+,27+,28-,29?/m1/s1. The Bertz CT molecular complexity index is 682. The number of aliphatic hydroxyl groups is 2. The van der Waals surface area contributed by atoms with E-state index in [-0.39, 0.29) is 11.5 Å². The highest BCUT2D eigenvalue weighted by Gasteiger charge is 2.64. The SMILES string of the molecule is CCC1(O)C=C2C[C@@H](O)CC[C@]2(C)[C@H]2CC[C@]3(C)[C@@H]([C@H](C)CCCC(C)C)CC[C@H]3[C@@H]21. The molecule has 31 heavy (non-hydrogen) atoms. The molecule has 0 saturated heterocycles. The fraction of sp³-hybridized carbons (Fsp3) is 0.931. The predicted molar refractivity (Wildman–Crippen MR) is 130 cm³/mol. The van der Waals surface area contributed by atoms with E-state index in [1.807, 2.05) is 0 Å². The molecular formula is C29H50O2. The van der Waals surface area contributed by atoms with Crippen molar-refractivity contribution < 1.29 is 10.2 Å². The summed E-state index contributed by atoms with van der Waals surface area (Å²) >= 11 is 0. The summed E-state index contributed by atoms with van der Waals surface area (Å²) < 4.78 is 0. The minimum Gasteiger partial charge on any atom is -0.393 e. The van der Waals surface area contributed by atoms with Crippen LogP contribution in [0.1, 0.15) is 112 Å². The zero-order chi connectivity index (χ0) is 22.6. The van der Waals surface area contributed by atoms with Gasteiger partial charge in [-0.1, -0.05) is 72.5 Å². The van der Waals surface area contributed by atoms with Crippen LogP contribution in [0.3, 0.4) is 0 Å². The maximum Gasteiger partial charge on any atom is 0.0861 e. The van der Waals surface area contributed by atoms with Crippen LogP contribution < -0.4 is 0 Å². The van der Waals surface area contributed by atoms with Crippen molar-refractivity contribution >= 4 is 0 Å². The molecule has 4 aliphatic carbocycles. The summed E-state index contributed by atoms with van der Waals surface area (Å²) in [4.78, 5) is 0. The summed E-state index contributed by atoms with van der Waals surface area (Å²) in [6.07, 6.45) is 15.0. The molecule has 178 valence electrons. The second-order valence-corrected chi connectivity index (χ2v) is 13.1. The molecule has 0 amide bonds. The molecule has 2 heteroatoms. The van der Waals surface area contributed by atoms with E-state index in [0.717, 1.165) is 43.4 Å². The van der Waals surface area contributed by atoms with Crippen molar-refractivity contribution in [2.45, 2.75) is 124 Å². The molecule has 2 N–H and O–H groups in total. The van der Waals surface area contributed by atoms with E-state index >= 15 is 0 Å². The highest BCUT2D eigenvalue weighted by atomic mass is 16.3. The number of hydrogen-bond acceptors (Lipinski definition) is 2. The second kappa shape index (κ2) is 8.46. The van der Waals surface area contributed by atoms with Gasteiger partial charge in [0.05, 0.1) is 11.7 Å². The predicted octanol–water partition coefficient (Wildman–Crippen LogP) is 7.14. The van der Waals surface area contributed by atoms with Gasteiger partial charge in [0.2, 0.25) is 0 Å². The van der Waals surface area contributed by atoms with Crippen LogP contribution in [0.5, 0.6) is 0 Å². The molecule has 2 nitrogen and oxygen atoms in total. The van der Waals surface area contributed by atoms with Gasteiger partial charge in [-0.15, -0.1) is 0 Å². The third-order valence-corrected chi connectivity index (χ3v) is 11.0. The number of aliphatic hydroxyl groups excluding tert-OH is 1. The fourth-order valence-electron chi connectivity index (χ4n) is 9.18. The summed E-state index contributed by atoms with van der Waals surface area (Å²) in [5.41, 5.74) is 1.26. The highest BCUT2D eigenvalue weighted by Crippen LogP contribution is 2.69. The normalized spacial score (nSPS) is 48.0. The lowest BCUT2D eigenvalue weighted by atomic mass is 9.43. The van der Waals surface area contributed by atoms with Crippen molar-refractivity contribution in [3.63, 3.8) is 0 Å². The molecule has 3 saturated carbocycles. The highest BCUT2D eigenvalue weighted by molar-refractivity contribution is 5.31. The largest absolute Gasteiger partial charge is 0.393 e. The molecule has 0 aromatic carbocycles. The van der Waals surface area contributed by atoms with Gasteiger partial charge in [-0.2, -0.15) is 0 Å². The van der Waals surface area contributed by atoms with E-state index < -0.39 is 5.60 Å². The second-order valence-electron chi connectivity index (χ2n) is 13.1. The Labute approximate surface area is 192 Å². The monoisotopic (exact) mass is 430 g/mol. The van der Waals surface area contributed by atoms with E-state index in [4.69, 9.17) is 0 Å². The third kappa shape index (κ3) is 3.86. The first-order valence-electron chi connectivity index (χ1n) is 13.7. The molecule has 1 unspecified atom stereocenters. The van der Waals surface area contributed by atoms with Crippen molar-refractivity contribution in [3.8, 4) is 0 Å². The van der Waals surface area contributed by atoms with Gasteiger partial charge < -0.3 is 10.2 Å². The van der Waals surface area contributed by atoms with Crippen molar-refractivity contribution in [2.24, 2.45) is 46.3 Å². The van der Waals surface area contributed by atoms with Crippen molar-refractivity contribution in [1.82, 2.24) is 0 Å². The zero-order valence-electron chi connectivity index (χ0n) is 21.3. The molecule has 0 aromatic rings. The van der Waals surface area contributed by atoms with Crippen LogP contribution in [0.15, 0.2) is 11.6 Å². The van der Waals surface area contributed by atoms with Crippen molar-refractivity contribution in [2.75, 3.05) is 0 Å². The molecule has 9 atom stereocenters. The van der Waals surface area contributed by atoms with Gasteiger partial charge in [-0.05, 0) is 97.7 Å². The Kier molecular flexibility index (Phi) is 6.50. The molecule has 4 rings (SSSR count). The van der Waals surface area contributed by atoms with E-state index in [2.05, 4.69) is 47.6 Å². The topological polar surface area (TPSA) is 40.5 Å². The minimum atomic E-state index is -0.682. The molecule has 3 fully saturated rings. The van der Waals surface area contributed by atoms with Gasteiger partial charge in [-0.25, -0.2) is 0 Å². The summed E-state index contributed by atoms with van der Waals surface area (Å²) in [7, 11) is 0. The quantitative estimate of drug-likeness (QED) is 0.440. The molecule has 0 bridgehead atoms. The molecule has 0 radical (unpaired) electrons. The van der Waals surface area contributed by atoms with Gasteiger partial charge in [0.25, 0.3) is 0 Å². The minimum absolute atomic E-state index is 0.188. The van der Waals surface area contributed by atoms with E-state index in [1.165, 1.54) is 50.5 Å². The molecule has 0 aliphatic heterocycles. The first-order chi connectivity index (χ1) is 14.5. The average Bonchev–Trinajstić information content (AvgIpc) is 3.06. The Balaban J connectivity index is 1.61. The van der Waals surface area contributed by atoms with Gasteiger partial charge in [0, 0.05) is 0 Å². The molecule has 0 aromatic heterocycles. The molecule has 4 aliphatic rings. The Morgan fingerprint density at radius 2 is 1.74 bits per heavy atom. The van der Waals surface area contributed by atoms with Gasteiger partial charge in [0.15, 0.2) is 0 Å². The maximum atomic E-state index is 12.0. The smallest absolute Gasteiger partial charge is 0.0861 e. The van der Waals surface area contributed by atoms with E-state index in [9.17, 15) is 10.2 Å². The van der Waals surface area contributed by atoms with E-state index in [0.29, 0.717) is 23.2 Å². The molecular weight excluding hydrogens is 380 g/mol. The Morgan fingerprint density at radius 1 is 1.00 bits per heavy atom. The Morgan fingerprint density at radius 3 is 2.42 bits per heavy atom. The van der Waals surface area contributed by atoms with Crippen LogP contribution >= 0.6 is 0 Å². The summed E-state index contributed by atoms with van der Waals surface area (Å²) in [5, 5.41) is 22.4. The van der Waals surface area contributed by atoms with Crippen LogP contribution in [0.2, 0.25) is 0 Å². The molecule has 0 heterocycles. The van der Waals surface area contributed by atoms with Crippen molar-refractivity contribution in [3.05, 3.63) is 11.6 Å². The number of rotatable bonds is 6. The van der Waals surface area contributed by atoms with Gasteiger partial charge >= 0.3 is 0 Å². The maximum absolute atomic E-state index is 12.0. The zero-order valence-corrected chi connectivity index (χ0v) is 21.3. The average molecular weight is 431 g/mol. The van der Waals surface area contributed by atoms with Crippen LogP contribution in [0.4, 0.5) is 0 Å². The summed E-state index contributed by atoms with van der Waals surface area (Å²) in [5.74, 6) is 4.06. The molecule has 0 spiro atoms. The number of fused-ring (bicyclic) bond motifs is 5. The van der Waals surface area contributed by atoms with E-state index in [1.54, 1.807) is 0 Å². The third-order valence-electron chi connectivity index (χ3n) is 11.0. The van der Waals surface area contributed by atoms with Crippen LogP contribution in [0.25, 0.3) is 0 Å². The van der Waals surface area contributed by atoms with Crippen LogP contribution in [-0.2, 0) is 0 Å². The first-order valence-corrected chi connectivity index (χ1v) is 13.7. The van der Waals surface area contributed by atoms with Gasteiger partial charge in [-0.3, -0.25) is 0 Å². The summed E-state index contributed by atoms with van der Waals surface area (Å²) in [6.45, 7) is 14.5. The van der Waals surface area contributed by atoms with Crippen molar-refractivity contribution in [1.29, 1.82) is 0 Å². The van der Waals surface area contributed by atoms with Crippen LogP contribution in [0, 0.1) is 46.3 Å².